The first kappa shape index (κ1) is 27.4. The number of carbonyl (C=O) groups excluding carboxylic acids is 6. The fourth-order valence-corrected chi connectivity index (χ4v) is 2.36. The smallest absolute Gasteiger partial charge is 0.261 e. The van der Waals surface area contributed by atoms with E-state index in [1.165, 1.54) is 0 Å². The summed E-state index contributed by atoms with van der Waals surface area (Å²) in [6.07, 6.45) is 0. The maximum atomic E-state index is 12.1. The summed E-state index contributed by atoms with van der Waals surface area (Å²) >= 11 is 0. The number of carbonyl (C=O) groups is 6. The second-order valence-electron chi connectivity index (χ2n) is 5.85. The maximum Gasteiger partial charge on any atom is 0.261 e. The molecule has 17 nitrogen and oxygen atoms in total. The van der Waals surface area contributed by atoms with E-state index in [0.717, 1.165) is 0 Å². The van der Waals surface area contributed by atoms with Gasteiger partial charge in [-0.3, -0.25) is 28.8 Å². The van der Waals surface area contributed by atoms with Gasteiger partial charge in [-0.25, -0.2) is 9.80 Å². The number of Topliss-reactive ketones (excluding diaryl/α,β-unsaturated/α-hetero) is 2. The van der Waals surface area contributed by atoms with Crippen LogP contribution < -0.4 is 9.80 Å². The van der Waals surface area contributed by atoms with Gasteiger partial charge < -0.3 is 30.6 Å². The van der Waals surface area contributed by atoms with E-state index in [2.05, 4.69) is 15.0 Å². The van der Waals surface area contributed by atoms with Crippen LogP contribution in [0.2, 0.25) is 0 Å². The number of aliphatic hydroxyl groups excluding tert-OH is 6. The monoisotopic (exact) mass is 473 g/mol. The molecule has 4 amide bonds. The maximum absolute atomic E-state index is 12.1. The van der Waals surface area contributed by atoms with Crippen molar-refractivity contribution in [2.75, 3.05) is 49.4 Å². The van der Waals surface area contributed by atoms with Gasteiger partial charge >= 0.3 is 0 Å². The Morgan fingerprint density at radius 1 is 0.545 bits per heavy atom. The number of imide groups is 2. The lowest BCUT2D eigenvalue weighted by Crippen LogP contribution is -2.45. The standard InChI is InChI=1S/C16H19N5O12/c22-1-7(28)13(8(29)2-23)14-17-15(20(9(30)3-24)10(31)4-25)19-16(18-14)21(11(32)5-26)12(33)6-27/h13,22-27H,1-6H2. The van der Waals surface area contributed by atoms with Crippen molar-refractivity contribution in [2.24, 2.45) is 0 Å². The lowest BCUT2D eigenvalue weighted by molar-refractivity contribution is -0.133. The fraction of sp³-hybridized carbons (Fsp3) is 0.438. The Morgan fingerprint density at radius 2 is 0.848 bits per heavy atom. The third-order valence-electron chi connectivity index (χ3n) is 3.78. The summed E-state index contributed by atoms with van der Waals surface area (Å²) in [7, 11) is 0. The number of aliphatic hydroxyl groups is 6. The molecule has 1 rings (SSSR count). The summed E-state index contributed by atoms with van der Waals surface area (Å²) in [6.45, 7) is -7.85. The van der Waals surface area contributed by atoms with Gasteiger partial charge in [0, 0.05) is 0 Å². The summed E-state index contributed by atoms with van der Waals surface area (Å²) in [5, 5.41) is 54.8. The molecule has 0 fully saturated rings. The molecule has 17 heteroatoms. The summed E-state index contributed by atoms with van der Waals surface area (Å²) in [5.74, 6) is -13.5. The van der Waals surface area contributed by atoms with Crippen molar-refractivity contribution in [2.45, 2.75) is 5.92 Å². The molecule has 0 aliphatic heterocycles. The van der Waals surface area contributed by atoms with Crippen LogP contribution in [0.25, 0.3) is 0 Å². The number of ketones is 2. The zero-order chi connectivity index (χ0) is 25.3. The van der Waals surface area contributed by atoms with Gasteiger partial charge in [-0.15, -0.1) is 0 Å². The highest BCUT2D eigenvalue weighted by Gasteiger charge is 2.35. The van der Waals surface area contributed by atoms with E-state index in [4.69, 9.17) is 30.6 Å². The van der Waals surface area contributed by atoms with E-state index in [-0.39, 0.29) is 9.80 Å². The zero-order valence-electron chi connectivity index (χ0n) is 16.7. The molecule has 0 bridgehead atoms. The fourth-order valence-electron chi connectivity index (χ4n) is 2.36. The topological polar surface area (TPSA) is 269 Å². The normalized spacial score (nSPS) is 10.6. The average Bonchev–Trinajstić information content (AvgIpc) is 2.83. The average molecular weight is 473 g/mol. The first-order valence-electron chi connectivity index (χ1n) is 8.79. The molecular formula is C16H19N5O12. The quantitative estimate of drug-likeness (QED) is 0.163. The van der Waals surface area contributed by atoms with Crippen LogP contribution >= 0.6 is 0 Å². The van der Waals surface area contributed by atoms with E-state index in [9.17, 15) is 28.8 Å². The molecule has 1 aromatic rings. The van der Waals surface area contributed by atoms with Crippen LogP contribution in [0.5, 0.6) is 0 Å². The number of nitrogens with zero attached hydrogens (tertiary/aromatic N) is 5. The first-order valence-corrected chi connectivity index (χ1v) is 8.79. The number of anilines is 2. The Balaban J connectivity index is 3.99. The van der Waals surface area contributed by atoms with Crippen molar-refractivity contribution >= 4 is 47.1 Å². The molecule has 0 unspecified atom stereocenters. The molecular weight excluding hydrogens is 454 g/mol. The number of rotatable bonds is 11. The van der Waals surface area contributed by atoms with Crippen LogP contribution in [0.15, 0.2) is 0 Å². The van der Waals surface area contributed by atoms with Crippen LogP contribution in [0, 0.1) is 0 Å². The van der Waals surface area contributed by atoms with Gasteiger partial charge in [0.15, 0.2) is 17.4 Å². The molecule has 0 aromatic carbocycles. The predicted octanol–water partition coefficient (Wildman–Crippen LogP) is -6.23. The van der Waals surface area contributed by atoms with Crippen molar-refractivity contribution in [3.63, 3.8) is 0 Å². The molecule has 1 heterocycles. The van der Waals surface area contributed by atoms with Gasteiger partial charge in [-0.05, 0) is 0 Å². The third kappa shape index (κ3) is 6.22. The Kier molecular flexibility index (Phi) is 10.3. The molecule has 0 aliphatic rings. The van der Waals surface area contributed by atoms with E-state index >= 15 is 0 Å². The zero-order valence-corrected chi connectivity index (χ0v) is 16.7. The molecule has 0 saturated heterocycles. The Morgan fingerprint density at radius 3 is 1.09 bits per heavy atom. The number of aromatic nitrogens is 3. The molecule has 0 atom stereocenters. The molecule has 6 N–H and O–H groups in total. The van der Waals surface area contributed by atoms with Crippen LogP contribution in [0.3, 0.4) is 0 Å². The second kappa shape index (κ2) is 12.4. The SMILES string of the molecule is O=C(CO)C(C(=O)CO)c1nc(N(C(=O)CO)C(=O)CO)nc(N(C(=O)CO)C(=O)CO)n1. The van der Waals surface area contributed by atoms with Gasteiger partial charge in [0.2, 0.25) is 11.9 Å². The molecule has 1 aromatic heterocycles. The largest absolute Gasteiger partial charge is 0.389 e. The number of hydrogen-bond donors (Lipinski definition) is 6. The number of hydrogen-bond acceptors (Lipinski definition) is 15. The Bertz CT molecular complexity index is 772. The van der Waals surface area contributed by atoms with E-state index < -0.39 is 98.5 Å². The summed E-state index contributed by atoms with van der Waals surface area (Å²) < 4.78 is 0. The third-order valence-corrected chi connectivity index (χ3v) is 3.78. The van der Waals surface area contributed by atoms with Crippen molar-refractivity contribution in [3.05, 3.63) is 5.82 Å². The van der Waals surface area contributed by atoms with Crippen LogP contribution in [0.4, 0.5) is 11.9 Å². The Labute approximate surface area is 183 Å². The van der Waals surface area contributed by atoms with E-state index in [0.29, 0.717) is 0 Å². The highest BCUT2D eigenvalue weighted by molar-refractivity contribution is 6.16. The predicted molar refractivity (Wildman–Crippen MR) is 100 cm³/mol. The molecule has 180 valence electrons. The summed E-state index contributed by atoms with van der Waals surface area (Å²) in [5.41, 5.74) is 0. The Hall–Kier alpha value is -3.61. The van der Waals surface area contributed by atoms with Crippen molar-refractivity contribution in [3.8, 4) is 0 Å². The van der Waals surface area contributed by atoms with Gasteiger partial charge in [0.05, 0.1) is 0 Å². The summed E-state index contributed by atoms with van der Waals surface area (Å²) in [6, 6.07) is 0. The lowest BCUT2D eigenvalue weighted by Gasteiger charge is -2.22. The van der Waals surface area contributed by atoms with Gasteiger partial charge in [-0.2, -0.15) is 15.0 Å². The summed E-state index contributed by atoms with van der Waals surface area (Å²) in [4.78, 5) is 82.9. The minimum atomic E-state index is -2.13. The van der Waals surface area contributed by atoms with Gasteiger partial charge in [0.1, 0.15) is 45.6 Å². The van der Waals surface area contributed by atoms with Crippen molar-refractivity contribution in [1.82, 2.24) is 15.0 Å². The molecule has 0 radical (unpaired) electrons. The van der Waals surface area contributed by atoms with E-state index in [1.807, 2.05) is 0 Å². The first-order chi connectivity index (χ1) is 15.6. The highest BCUT2D eigenvalue weighted by Crippen LogP contribution is 2.22. The van der Waals surface area contributed by atoms with Gasteiger partial charge in [-0.1, -0.05) is 0 Å². The molecule has 0 spiro atoms. The highest BCUT2D eigenvalue weighted by atomic mass is 16.3. The van der Waals surface area contributed by atoms with Crippen LogP contribution in [0.1, 0.15) is 11.7 Å². The minimum Gasteiger partial charge on any atom is -0.389 e. The number of amides is 4. The molecule has 33 heavy (non-hydrogen) atoms. The van der Waals surface area contributed by atoms with Crippen LogP contribution in [-0.4, -0.2) is 120 Å². The van der Waals surface area contributed by atoms with E-state index in [1.54, 1.807) is 0 Å². The van der Waals surface area contributed by atoms with Crippen LogP contribution in [-0.2, 0) is 28.8 Å². The molecule has 0 saturated carbocycles. The minimum absolute atomic E-state index is 0.0242. The second-order valence-corrected chi connectivity index (χ2v) is 5.85. The lowest BCUT2D eigenvalue weighted by atomic mass is 9.98. The van der Waals surface area contributed by atoms with Crippen molar-refractivity contribution in [1.29, 1.82) is 0 Å². The van der Waals surface area contributed by atoms with Crippen molar-refractivity contribution < 1.29 is 59.4 Å². The molecule has 0 aliphatic carbocycles. The van der Waals surface area contributed by atoms with Gasteiger partial charge in [0.25, 0.3) is 23.6 Å².